The first-order valence-electron chi connectivity index (χ1n) is 12.3. The zero-order valence-electron chi connectivity index (χ0n) is 21.1. The van der Waals surface area contributed by atoms with E-state index in [4.69, 9.17) is 36.9 Å². The van der Waals surface area contributed by atoms with Crippen LogP contribution in [0.1, 0.15) is 38.5 Å². The third kappa shape index (κ3) is 7.86. The van der Waals surface area contributed by atoms with Crippen LogP contribution in [0.3, 0.4) is 0 Å². The van der Waals surface area contributed by atoms with E-state index in [0.29, 0.717) is 58.1 Å². The zero-order valence-corrected chi connectivity index (χ0v) is 24.2. The average molecular weight is 621 g/mol. The molecule has 0 saturated carbocycles. The second-order valence-electron chi connectivity index (χ2n) is 9.24. The van der Waals surface area contributed by atoms with Crippen molar-refractivity contribution < 1.29 is 39.7 Å². The lowest BCUT2D eigenvalue weighted by Gasteiger charge is -2.25. The molecule has 1 aliphatic carbocycles. The average Bonchev–Trinajstić information content (AvgIpc) is 3.34. The second kappa shape index (κ2) is 12.0. The number of hydrogen-bond acceptors (Lipinski definition) is 7. The molecule has 1 aromatic carbocycles. The summed E-state index contributed by atoms with van der Waals surface area (Å²) >= 11 is 12.5. The van der Waals surface area contributed by atoms with Gasteiger partial charge in [-0.3, -0.25) is 9.11 Å². The molecule has 10 nitrogen and oxygen atoms in total. The summed E-state index contributed by atoms with van der Waals surface area (Å²) in [4.78, 5) is 1.93. The Kier molecular flexibility index (Phi) is 9.14. The molecule has 212 valence electrons. The van der Waals surface area contributed by atoms with Gasteiger partial charge in [0.05, 0.1) is 23.6 Å². The number of benzene rings is 1. The van der Waals surface area contributed by atoms with Crippen LogP contribution in [-0.4, -0.2) is 54.9 Å². The molecule has 4 rings (SSSR count). The smallest absolute Gasteiger partial charge is 0.374 e. The molecule has 1 aromatic heterocycles. The van der Waals surface area contributed by atoms with Crippen LogP contribution in [0.15, 0.2) is 63.1 Å². The fraction of sp³-hybridized carbons (Fsp3) is 0.400. The lowest BCUT2D eigenvalue weighted by molar-refractivity contribution is -0.677. The summed E-state index contributed by atoms with van der Waals surface area (Å²) in [6.07, 6.45) is 8.62. The van der Waals surface area contributed by atoms with E-state index >= 15 is 0 Å². The van der Waals surface area contributed by atoms with Crippen LogP contribution in [0.4, 0.5) is 0 Å². The molecule has 2 aromatic rings. The van der Waals surface area contributed by atoms with Gasteiger partial charge in [0.15, 0.2) is 12.4 Å². The Morgan fingerprint density at radius 2 is 1.85 bits per heavy atom. The number of halogens is 2. The number of hydrogen-bond donors (Lipinski definition) is 2. The van der Waals surface area contributed by atoms with E-state index < -0.39 is 26.0 Å². The topological polar surface area (TPSA) is 138 Å². The van der Waals surface area contributed by atoms with Gasteiger partial charge in [-0.25, -0.2) is 0 Å². The van der Waals surface area contributed by atoms with E-state index in [-0.39, 0.29) is 31.2 Å². The maximum absolute atomic E-state index is 11.3. The van der Waals surface area contributed by atoms with Crippen LogP contribution in [0.2, 0.25) is 5.02 Å². The fourth-order valence-corrected chi connectivity index (χ4v) is 5.88. The third-order valence-electron chi connectivity index (χ3n) is 6.33. The summed E-state index contributed by atoms with van der Waals surface area (Å²) < 4.78 is 77.4. The molecule has 1 saturated heterocycles. The molecule has 1 atom stereocenters. The standard InChI is InChI=1S/C25H28Cl2N2O8S2/c1-2-17(13-24-28(9-3-11-38(30,31)32)20-15-18(26)5-7-22(20)36-24)14-25-29(10-4-12-39(33,34)35)21-16-19(27)6-8-23(21)37-25/h5-8,13-15,21H,2-4,9-12,16H2,1H3,(H-,30,31,32,33,34,35)/p+1. The van der Waals surface area contributed by atoms with Gasteiger partial charge >= 0.3 is 5.89 Å². The number of aryl methyl sites for hydroxylation is 1. The minimum absolute atomic E-state index is 0.155. The maximum atomic E-state index is 11.3. The number of fused-ring (bicyclic) bond motifs is 2. The van der Waals surface area contributed by atoms with E-state index in [1.54, 1.807) is 34.9 Å². The van der Waals surface area contributed by atoms with Crippen molar-refractivity contribution in [3.05, 3.63) is 69.6 Å². The van der Waals surface area contributed by atoms with E-state index in [0.717, 1.165) is 5.57 Å². The summed E-state index contributed by atoms with van der Waals surface area (Å²) in [5, 5.41) is 1.13. The predicted octanol–water partition coefficient (Wildman–Crippen LogP) is 4.68. The summed E-state index contributed by atoms with van der Waals surface area (Å²) in [6, 6.07) is 4.94. The van der Waals surface area contributed by atoms with Gasteiger partial charge in [0.2, 0.25) is 5.58 Å². The lowest BCUT2D eigenvalue weighted by Crippen LogP contribution is -2.36. The molecule has 0 radical (unpaired) electrons. The Morgan fingerprint density at radius 3 is 2.54 bits per heavy atom. The number of ether oxygens (including phenoxy) is 1. The van der Waals surface area contributed by atoms with Crippen molar-refractivity contribution in [2.24, 2.45) is 0 Å². The van der Waals surface area contributed by atoms with Crippen LogP contribution in [-0.2, 0) is 31.5 Å². The SMILES string of the molecule is CCC(=Cc1oc2ccc(Cl)cc2[n+]1CCCS(=O)(=O)O)C=C1OC2=CC=C(Cl)CC2N1CCCS(=O)(=O)O. The van der Waals surface area contributed by atoms with Crippen molar-refractivity contribution in [3.63, 3.8) is 0 Å². The first kappa shape index (κ1) is 29.6. The van der Waals surface area contributed by atoms with Crippen molar-refractivity contribution in [3.8, 4) is 0 Å². The Morgan fingerprint density at radius 1 is 1.13 bits per heavy atom. The summed E-state index contributed by atoms with van der Waals surface area (Å²) in [6.45, 7) is 2.52. The van der Waals surface area contributed by atoms with Gasteiger partial charge in [0, 0.05) is 41.6 Å². The highest BCUT2D eigenvalue weighted by Gasteiger charge is 2.36. The monoisotopic (exact) mass is 619 g/mol. The molecular weight excluding hydrogens is 591 g/mol. The quantitative estimate of drug-likeness (QED) is 0.271. The van der Waals surface area contributed by atoms with Crippen molar-refractivity contribution >= 4 is 60.6 Å². The van der Waals surface area contributed by atoms with Crippen LogP contribution in [0.25, 0.3) is 17.2 Å². The van der Waals surface area contributed by atoms with Gasteiger partial charge in [-0.1, -0.05) is 30.1 Å². The zero-order chi connectivity index (χ0) is 28.4. The van der Waals surface area contributed by atoms with Crippen LogP contribution < -0.4 is 4.57 Å². The van der Waals surface area contributed by atoms with Gasteiger partial charge in [-0.05, 0) is 42.7 Å². The Balaban J connectivity index is 1.68. The molecule has 1 unspecified atom stereocenters. The summed E-state index contributed by atoms with van der Waals surface area (Å²) in [5.41, 5.74) is 2.05. The fourth-order valence-electron chi connectivity index (χ4n) is 4.51. The Bertz CT molecular complexity index is 1590. The van der Waals surface area contributed by atoms with Crippen LogP contribution in [0.5, 0.6) is 0 Å². The summed E-state index contributed by atoms with van der Waals surface area (Å²) in [7, 11) is -8.23. The first-order valence-corrected chi connectivity index (χ1v) is 16.3. The van der Waals surface area contributed by atoms with Crippen molar-refractivity contribution in [2.75, 3.05) is 18.1 Å². The second-order valence-corrected chi connectivity index (χ2v) is 13.3. The lowest BCUT2D eigenvalue weighted by atomic mass is 10.1. The molecule has 0 spiro atoms. The van der Waals surface area contributed by atoms with Gasteiger partial charge < -0.3 is 14.1 Å². The van der Waals surface area contributed by atoms with Gasteiger partial charge in [0.1, 0.15) is 5.76 Å². The van der Waals surface area contributed by atoms with E-state index in [1.165, 1.54) is 0 Å². The van der Waals surface area contributed by atoms with Gasteiger partial charge in [0.25, 0.3) is 25.8 Å². The van der Waals surface area contributed by atoms with Gasteiger partial charge in [-0.15, -0.1) is 0 Å². The van der Waals surface area contributed by atoms with Crippen molar-refractivity contribution in [1.29, 1.82) is 0 Å². The number of allylic oxidation sites excluding steroid dienone is 4. The third-order valence-corrected chi connectivity index (χ3v) is 8.46. The maximum Gasteiger partial charge on any atom is 0.374 e. The van der Waals surface area contributed by atoms with E-state index in [2.05, 4.69) is 0 Å². The molecule has 2 N–H and O–H groups in total. The van der Waals surface area contributed by atoms with E-state index in [1.807, 2.05) is 24.0 Å². The van der Waals surface area contributed by atoms with Gasteiger partial charge in [-0.2, -0.15) is 21.4 Å². The van der Waals surface area contributed by atoms with Crippen molar-refractivity contribution in [1.82, 2.24) is 4.90 Å². The highest BCUT2D eigenvalue weighted by Crippen LogP contribution is 2.37. The minimum atomic E-state index is -4.12. The Hall–Kier alpha value is -2.35. The van der Waals surface area contributed by atoms with Crippen LogP contribution >= 0.6 is 23.2 Å². The molecule has 0 amide bonds. The molecule has 1 aliphatic heterocycles. The molecule has 0 bridgehead atoms. The largest absolute Gasteiger partial charge is 0.443 e. The molecule has 39 heavy (non-hydrogen) atoms. The Labute approximate surface area is 237 Å². The van der Waals surface area contributed by atoms with Crippen molar-refractivity contribution in [2.45, 2.75) is 45.2 Å². The normalized spacial score (nSPS) is 19.3. The molecule has 1 fully saturated rings. The number of aromatic nitrogens is 1. The number of nitrogens with zero attached hydrogens (tertiary/aromatic N) is 2. The highest BCUT2D eigenvalue weighted by atomic mass is 35.5. The first-order chi connectivity index (χ1) is 18.3. The minimum Gasteiger partial charge on any atom is -0.443 e. The number of oxazole rings is 1. The molecule has 14 heteroatoms. The predicted molar refractivity (Wildman–Crippen MR) is 148 cm³/mol. The molecule has 2 heterocycles. The van der Waals surface area contributed by atoms with Crippen LogP contribution in [0, 0.1) is 0 Å². The molecular formula is C25H29Cl2N2O8S2+. The summed E-state index contributed by atoms with van der Waals surface area (Å²) in [5.74, 6) is 0.862. The molecule has 2 aliphatic rings. The highest BCUT2D eigenvalue weighted by molar-refractivity contribution is 7.86. The van der Waals surface area contributed by atoms with E-state index in [9.17, 15) is 21.4 Å². The number of rotatable bonds is 11.